The van der Waals surface area contributed by atoms with Crippen molar-refractivity contribution in [3.8, 4) is 0 Å². The van der Waals surface area contributed by atoms with Crippen molar-refractivity contribution in [1.82, 2.24) is 0 Å². The van der Waals surface area contributed by atoms with Gasteiger partial charge in [0, 0.05) is 17.5 Å². The molecule has 0 fully saturated rings. The summed E-state index contributed by atoms with van der Waals surface area (Å²) >= 11 is 0. The second-order valence-corrected chi connectivity index (χ2v) is 4.18. The Labute approximate surface area is 98.5 Å². The van der Waals surface area contributed by atoms with Gasteiger partial charge in [0.1, 0.15) is 6.10 Å². The summed E-state index contributed by atoms with van der Waals surface area (Å²) in [7, 11) is 0. The minimum absolute atomic E-state index is 0. The number of nitrogens with two attached hydrogens (primary N) is 1. The second-order valence-electron chi connectivity index (χ2n) is 4.18. The van der Waals surface area contributed by atoms with Crippen LogP contribution in [0.5, 0.6) is 0 Å². The Balaban J connectivity index is 0. The fourth-order valence-electron chi connectivity index (χ4n) is 1.78. The quantitative estimate of drug-likeness (QED) is 0.588. The standard InChI is InChI=1S/C11H21NO2.ClH/c1-6-9(11(4,5)12)8(3)14-10(13)7-2;/h7-9H,2,6,12H2,1,3-5H3;1H. The zero-order valence-corrected chi connectivity index (χ0v) is 10.8. The maximum Gasteiger partial charge on any atom is 0.330 e. The van der Waals surface area contributed by atoms with Gasteiger partial charge in [-0.25, -0.2) is 4.79 Å². The fourth-order valence-corrected chi connectivity index (χ4v) is 1.78. The largest absolute Gasteiger partial charge is 0.459 e. The van der Waals surface area contributed by atoms with E-state index in [1.54, 1.807) is 0 Å². The number of hydrogen-bond acceptors (Lipinski definition) is 3. The molecule has 0 spiro atoms. The fraction of sp³-hybridized carbons (Fsp3) is 0.727. The van der Waals surface area contributed by atoms with E-state index in [9.17, 15) is 4.79 Å². The molecule has 0 aliphatic carbocycles. The lowest BCUT2D eigenvalue weighted by molar-refractivity contribution is -0.145. The molecular weight excluding hydrogens is 214 g/mol. The number of carbonyl (C=O) groups is 1. The van der Waals surface area contributed by atoms with Gasteiger partial charge < -0.3 is 10.5 Å². The molecule has 2 atom stereocenters. The molecule has 90 valence electrons. The van der Waals surface area contributed by atoms with Crippen molar-refractivity contribution in [1.29, 1.82) is 0 Å². The van der Waals surface area contributed by atoms with Crippen LogP contribution >= 0.6 is 12.4 Å². The van der Waals surface area contributed by atoms with E-state index >= 15 is 0 Å². The van der Waals surface area contributed by atoms with Crippen LogP contribution in [-0.2, 0) is 9.53 Å². The van der Waals surface area contributed by atoms with Crippen molar-refractivity contribution in [2.75, 3.05) is 0 Å². The zero-order chi connectivity index (χ0) is 11.4. The molecule has 0 aromatic carbocycles. The molecule has 0 aliphatic heterocycles. The predicted molar refractivity (Wildman–Crippen MR) is 65.0 cm³/mol. The Hall–Kier alpha value is -0.540. The molecule has 0 aliphatic rings. The lowest BCUT2D eigenvalue weighted by Crippen LogP contribution is -2.46. The number of hydrogen-bond donors (Lipinski definition) is 1. The topological polar surface area (TPSA) is 52.3 Å². The number of ether oxygens (including phenoxy) is 1. The molecule has 0 amide bonds. The highest BCUT2D eigenvalue weighted by Crippen LogP contribution is 2.23. The minimum atomic E-state index is -0.389. The number of halogens is 1. The average molecular weight is 236 g/mol. The molecule has 0 heterocycles. The summed E-state index contributed by atoms with van der Waals surface area (Å²) < 4.78 is 5.14. The van der Waals surface area contributed by atoms with Crippen molar-refractivity contribution < 1.29 is 9.53 Å². The van der Waals surface area contributed by atoms with Gasteiger partial charge in [0.25, 0.3) is 0 Å². The molecule has 2 N–H and O–H groups in total. The summed E-state index contributed by atoms with van der Waals surface area (Å²) in [6.07, 6.45) is 1.88. The molecule has 15 heavy (non-hydrogen) atoms. The van der Waals surface area contributed by atoms with Crippen molar-refractivity contribution in [2.24, 2.45) is 11.7 Å². The molecule has 0 saturated carbocycles. The van der Waals surface area contributed by atoms with Crippen molar-refractivity contribution in [3.05, 3.63) is 12.7 Å². The SMILES string of the molecule is C=CC(=O)OC(C)C(CC)C(C)(C)N.Cl. The summed E-state index contributed by atoms with van der Waals surface area (Å²) in [5, 5.41) is 0. The van der Waals surface area contributed by atoms with Gasteiger partial charge in [0.2, 0.25) is 0 Å². The smallest absolute Gasteiger partial charge is 0.330 e. The van der Waals surface area contributed by atoms with Crippen molar-refractivity contribution >= 4 is 18.4 Å². The van der Waals surface area contributed by atoms with Crippen LogP contribution < -0.4 is 5.73 Å². The Bertz CT molecular complexity index is 211. The molecule has 4 heteroatoms. The highest BCUT2D eigenvalue weighted by Gasteiger charge is 2.30. The maximum absolute atomic E-state index is 11.0. The first kappa shape index (κ1) is 16.9. The second kappa shape index (κ2) is 6.85. The lowest BCUT2D eigenvalue weighted by Gasteiger charge is -2.33. The number of carbonyl (C=O) groups excluding carboxylic acids is 1. The number of rotatable bonds is 5. The van der Waals surface area contributed by atoms with Crippen LogP contribution in [0.1, 0.15) is 34.1 Å². The third-order valence-corrected chi connectivity index (χ3v) is 2.43. The van der Waals surface area contributed by atoms with E-state index in [1.807, 2.05) is 27.7 Å². The van der Waals surface area contributed by atoms with Crippen LogP contribution in [0.2, 0.25) is 0 Å². The van der Waals surface area contributed by atoms with Crippen LogP contribution in [0, 0.1) is 5.92 Å². The van der Waals surface area contributed by atoms with E-state index in [2.05, 4.69) is 6.58 Å². The van der Waals surface area contributed by atoms with Crippen LogP contribution in [-0.4, -0.2) is 17.6 Å². The summed E-state index contributed by atoms with van der Waals surface area (Å²) in [4.78, 5) is 11.0. The third-order valence-electron chi connectivity index (χ3n) is 2.43. The molecule has 2 unspecified atom stereocenters. The third kappa shape index (κ3) is 5.80. The van der Waals surface area contributed by atoms with E-state index in [4.69, 9.17) is 10.5 Å². The molecule has 0 saturated heterocycles. The average Bonchev–Trinajstić information content (AvgIpc) is 2.02. The van der Waals surface area contributed by atoms with Gasteiger partial charge in [-0.2, -0.15) is 0 Å². The van der Waals surface area contributed by atoms with Gasteiger partial charge >= 0.3 is 5.97 Å². The summed E-state index contributed by atoms with van der Waals surface area (Å²) in [6.45, 7) is 11.1. The van der Waals surface area contributed by atoms with Gasteiger partial charge in [0.05, 0.1) is 0 Å². The van der Waals surface area contributed by atoms with E-state index in [0.717, 1.165) is 6.42 Å². The van der Waals surface area contributed by atoms with E-state index in [1.165, 1.54) is 6.08 Å². The molecule has 3 nitrogen and oxygen atoms in total. The summed E-state index contributed by atoms with van der Waals surface area (Å²) in [5.74, 6) is -0.230. The van der Waals surface area contributed by atoms with Gasteiger partial charge in [-0.15, -0.1) is 12.4 Å². The van der Waals surface area contributed by atoms with E-state index in [0.29, 0.717) is 0 Å². The van der Waals surface area contributed by atoms with Gasteiger partial charge in [-0.3, -0.25) is 0 Å². The summed E-state index contributed by atoms with van der Waals surface area (Å²) in [5.41, 5.74) is 5.65. The first-order valence-corrected chi connectivity index (χ1v) is 4.94. The molecular formula is C11H22ClNO2. The molecule has 0 aromatic rings. The van der Waals surface area contributed by atoms with E-state index < -0.39 is 0 Å². The zero-order valence-electron chi connectivity index (χ0n) is 9.95. The highest BCUT2D eigenvalue weighted by atomic mass is 35.5. The van der Waals surface area contributed by atoms with Crippen molar-refractivity contribution in [2.45, 2.75) is 45.8 Å². The Morgan fingerprint density at radius 3 is 2.33 bits per heavy atom. The molecule has 0 aromatic heterocycles. The Morgan fingerprint density at radius 1 is 1.60 bits per heavy atom. The van der Waals surface area contributed by atoms with E-state index in [-0.39, 0.29) is 35.9 Å². The minimum Gasteiger partial charge on any atom is -0.459 e. The van der Waals surface area contributed by atoms with Crippen LogP contribution in [0.4, 0.5) is 0 Å². The molecule has 0 radical (unpaired) electrons. The summed E-state index contributed by atoms with van der Waals surface area (Å²) in [6, 6.07) is 0. The van der Waals surface area contributed by atoms with Crippen LogP contribution in [0.15, 0.2) is 12.7 Å². The Morgan fingerprint density at radius 2 is 2.07 bits per heavy atom. The maximum atomic E-state index is 11.0. The first-order chi connectivity index (χ1) is 6.32. The lowest BCUT2D eigenvalue weighted by atomic mass is 9.82. The monoisotopic (exact) mass is 235 g/mol. The molecule has 0 bridgehead atoms. The van der Waals surface area contributed by atoms with Gasteiger partial charge in [0.15, 0.2) is 0 Å². The number of esters is 1. The van der Waals surface area contributed by atoms with Crippen molar-refractivity contribution in [3.63, 3.8) is 0 Å². The predicted octanol–water partition coefficient (Wildman–Crippen LogP) is 2.29. The first-order valence-electron chi connectivity index (χ1n) is 4.94. The van der Waals surface area contributed by atoms with Crippen LogP contribution in [0.3, 0.4) is 0 Å². The highest BCUT2D eigenvalue weighted by molar-refractivity contribution is 5.85. The normalized spacial score (nSPS) is 14.7. The van der Waals surface area contributed by atoms with Gasteiger partial charge in [-0.05, 0) is 27.2 Å². The van der Waals surface area contributed by atoms with Gasteiger partial charge in [-0.1, -0.05) is 13.5 Å². The molecule has 0 rings (SSSR count). The Kier molecular flexibility index (Phi) is 7.71. The van der Waals surface area contributed by atoms with Crippen LogP contribution in [0.25, 0.3) is 0 Å².